The first kappa shape index (κ1) is 16.2. The molecule has 0 amide bonds. The van der Waals surface area contributed by atoms with Gasteiger partial charge in [0.1, 0.15) is 5.76 Å². The lowest BCUT2D eigenvalue weighted by molar-refractivity contribution is 0.204. The van der Waals surface area contributed by atoms with Gasteiger partial charge < -0.3 is 14.5 Å². The molecule has 0 aromatic carbocycles. The monoisotopic (exact) mass is 290 g/mol. The molecule has 0 atom stereocenters. The molecule has 0 saturated heterocycles. The Labute approximate surface area is 114 Å². The summed E-state index contributed by atoms with van der Waals surface area (Å²) in [7, 11) is -2.06. The highest BCUT2D eigenvalue weighted by Crippen LogP contribution is 2.13. The van der Waals surface area contributed by atoms with Crippen LogP contribution in [0.2, 0.25) is 0 Å². The second-order valence-electron chi connectivity index (χ2n) is 4.64. The lowest BCUT2D eigenvalue weighted by atomic mass is 10.2. The van der Waals surface area contributed by atoms with Gasteiger partial charge in [-0.1, -0.05) is 13.8 Å². The fourth-order valence-corrected chi connectivity index (χ4v) is 2.39. The molecule has 0 radical (unpaired) electrons. The van der Waals surface area contributed by atoms with Crippen molar-refractivity contribution < 1.29 is 17.6 Å². The maximum atomic E-state index is 11.8. The first-order valence-corrected chi connectivity index (χ1v) is 7.72. The Morgan fingerprint density at radius 1 is 1.37 bits per heavy atom. The molecule has 1 rings (SSSR count). The third-order valence-corrected chi connectivity index (χ3v) is 3.69. The van der Waals surface area contributed by atoms with Crippen LogP contribution in [0, 0.1) is 5.92 Å². The number of rotatable bonds is 9. The Hall–Kier alpha value is -0.890. The largest absolute Gasteiger partial charge is 0.447 e. The zero-order valence-electron chi connectivity index (χ0n) is 11.6. The fourth-order valence-electron chi connectivity index (χ4n) is 1.43. The molecule has 0 aliphatic rings. The van der Waals surface area contributed by atoms with Crippen molar-refractivity contribution in [3.05, 3.63) is 17.9 Å². The van der Waals surface area contributed by atoms with Crippen molar-refractivity contribution in [2.75, 3.05) is 26.8 Å². The summed E-state index contributed by atoms with van der Waals surface area (Å²) >= 11 is 0. The number of furan rings is 1. The maximum Gasteiger partial charge on any atom is 0.274 e. The molecule has 0 spiro atoms. The minimum absolute atomic E-state index is 0.0649. The lowest BCUT2D eigenvalue weighted by Crippen LogP contribution is -2.26. The van der Waals surface area contributed by atoms with Crippen molar-refractivity contribution in [2.24, 2.45) is 5.92 Å². The summed E-state index contributed by atoms with van der Waals surface area (Å²) in [5, 5.41) is 3.12. The molecule has 1 aromatic rings. The van der Waals surface area contributed by atoms with Crippen molar-refractivity contribution in [3.8, 4) is 0 Å². The predicted octanol–water partition coefficient (Wildman–Crippen LogP) is 0.950. The number of nitrogens with one attached hydrogen (secondary N) is 2. The van der Waals surface area contributed by atoms with E-state index in [2.05, 4.69) is 23.9 Å². The molecular formula is C12H22N2O4S. The normalized spacial score (nSPS) is 12.2. The second kappa shape index (κ2) is 7.64. The molecule has 0 aliphatic carbocycles. The second-order valence-corrected chi connectivity index (χ2v) is 6.33. The SMILES string of the molecule is COCCNS(=O)(=O)c1ccc(CNCC(C)C)o1. The molecule has 2 N–H and O–H groups in total. The molecule has 0 aliphatic heterocycles. The maximum absolute atomic E-state index is 11.8. The zero-order valence-corrected chi connectivity index (χ0v) is 12.4. The summed E-state index contributed by atoms with van der Waals surface area (Å²) in [5.74, 6) is 1.14. The van der Waals surface area contributed by atoms with Gasteiger partial charge in [0.15, 0.2) is 0 Å². The fraction of sp³-hybridized carbons (Fsp3) is 0.667. The van der Waals surface area contributed by atoms with Crippen LogP contribution >= 0.6 is 0 Å². The van der Waals surface area contributed by atoms with E-state index < -0.39 is 10.0 Å². The minimum atomic E-state index is -3.58. The Morgan fingerprint density at radius 2 is 2.11 bits per heavy atom. The first-order valence-electron chi connectivity index (χ1n) is 6.23. The van der Waals surface area contributed by atoms with Crippen molar-refractivity contribution in [2.45, 2.75) is 25.5 Å². The van der Waals surface area contributed by atoms with Gasteiger partial charge in [-0.05, 0) is 24.6 Å². The molecule has 110 valence electrons. The molecule has 0 fully saturated rings. The van der Waals surface area contributed by atoms with Gasteiger partial charge in [0, 0.05) is 13.7 Å². The Morgan fingerprint density at radius 3 is 2.74 bits per heavy atom. The molecule has 0 bridgehead atoms. The molecule has 1 aromatic heterocycles. The van der Waals surface area contributed by atoms with Crippen molar-refractivity contribution in [1.29, 1.82) is 0 Å². The van der Waals surface area contributed by atoms with E-state index in [1.54, 1.807) is 6.07 Å². The summed E-state index contributed by atoms with van der Waals surface area (Å²) < 4.78 is 36.1. The molecule has 7 heteroatoms. The van der Waals surface area contributed by atoms with E-state index in [0.29, 0.717) is 24.8 Å². The highest BCUT2D eigenvalue weighted by Gasteiger charge is 2.17. The topological polar surface area (TPSA) is 80.6 Å². The molecule has 0 saturated carbocycles. The molecule has 1 heterocycles. The van der Waals surface area contributed by atoms with E-state index in [-0.39, 0.29) is 11.6 Å². The third-order valence-electron chi connectivity index (χ3n) is 2.35. The summed E-state index contributed by atoms with van der Waals surface area (Å²) in [6, 6.07) is 3.12. The Bertz CT molecular complexity index is 468. The van der Waals surface area contributed by atoms with E-state index in [9.17, 15) is 8.42 Å². The van der Waals surface area contributed by atoms with Gasteiger partial charge in [-0.2, -0.15) is 0 Å². The number of hydrogen-bond donors (Lipinski definition) is 2. The average Bonchev–Trinajstić information content (AvgIpc) is 2.78. The highest BCUT2D eigenvalue weighted by molar-refractivity contribution is 7.89. The smallest absolute Gasteiger partial charge is 0.274 e. The predicted molar refractivity (Wildman–Crippen MR) is 72.3 cm³/mol. The van der Waals surface area contributed by atoms with Gasteiger partial charge in [0.25, 0.3) is 10.0 Å². The quantitative estimate of drug-likeness (QED) is 0.662. The van der Waals surface area contributed by atoms with Crippen molar-refractivity contribution in [3.63, 3.8) is 0 Å². The van der Waals surface area contributed by atoms with Crippen LogP contribution in [0.5, 0.6) is 0 Å². The summed E-state index contributed by atoms with van der Waals surface area (Å²) in [5.41, 5.74) is 0. The van der Waals surface area contributed by atoms with Crippen molar-refractivity contribution in [1.82, 2.24) is 10.0 Å². The summed E-state index contributed by atoms with van der Waals surface area (Å²) in [6.45, 7) is 6.12. The molecule has 6 nitrogen and oxygen atoms in total. The van der Waals surface area contributed by atoms with Crippen LogP contribution in [0.15, 0.2) is 21.6 Å². The van der Waals surface area contributed by atoms with Crippen LogP contribution < -0.4 is 10.0 Å². The number of hydrogen-bond acceptors (Lipinski definition) is 5. The molecular weight excluding hydrogens is 268 g/mol. The van der Waals surface area contributed by atoms with E-state index in [1.807, 2.05) is 0 Å². The van der Waals surface area contributed by atoms with E-state index in [1.165, 1.54) is 13.2 Å². The van der Waals surface area contributed by atoms with E-state index in [4.69, 9.17) is 9.15 Å². The lowest BCUT2D eigenvalue weighted by Gasteiger charge is -2.05. The van der Waals surface area contributed by atoms with Crippen LogP contribution in [0.4, 0.5) is 0 Å². The van der Waals surface area contributed by atoms with Gasteiger partial charge in [0.2, 0.25) is 5.09 Å². The Balaban J connectivity index is 2.53. The average molecular weight is 290 g/mol. The van der Waals surface area contributed by atoms with Gasteiger partial charge in [-0.25, -0.2) is 13.1 Å². The van der Waals surface area contributed by atoms with E-state index >= 15 is 0 Å². The van der Waals surface area contributed by atoms with E-state index in [0.717, 1.165) is 6.54 Å². The van der Waals surface area contributed by atoms with Crippen LogP contribution in [0.1, 0.15) is 19.6 Å². The van der Waals surface area contributed by atoms with Gasteiger partial charge in [0.05, 0.1) is 13.2 Å². The van der Waals surface area contributed by atoms with Crippen LogP contribution in [0.3, 0.4) is 0 Å². The molecule has 19 heavy (non-hydrogen) atoms. The van der Waals surface area contributed by atoms with Crippen LogP contribution in [-0.4, -0.2) is 35.2 Å². The first-order chi connectivity index (χ1) is 8.95. The van der Waals surface area contributed by atoms with Crippen molar-refractivity contribution >= 4 is 10.0 Å². The minimum Gasteiger partial charge on any atom is -0.447 e. The third kappa shape index (κ3) is 5.73. The standard InChI is InChI=1S/C12H22N2O4S/c1-10(2)8-13-9-11-4-5-12(18-11)19(15,16)14-6-7-17-3/h4-5,10,13-14H,6-9H2,1-3H3. The number of ether oxygens (including phenoxy) is 1. The highest BCUT2D eigenvalue weighted by atomic mass is 32.2. The number of sulfonamides is 1. The Kier molecular flexibility index (Phi) is 6.50. The zero-order chi connectivity index (χ0) is 14.3. The summed E-state index contributed by atoms with van der Waals surface area (Å²) in [6.07, 6.45) is 0. The van der Waals surface area contributed by atoms with Gasteiger partial charge in [-0.3, -0.25) is 0 Å². The van der Waals surface area contributed by atoms with Gasteiger partial charge >= 0.3 is 0 Å². The van der Waals surface area contributed by atoms with Gasteiger partial charge in [-0.15, -0.1) is 0 Å². The molecule has 0 unspecified atom stereocenters. The summed E-state index contributed by atoms with van der Waals surface area (Å²) in [4.78, 5) is 0. The van der Waals surface area contributed by atoms with Crippen LogP contribution in [0.25, 0.3) is 0 Å². The number of methoxy groups -OCH3 is 1. The van der Waals surface area contributed by atoms with Crippen LogP contribution in [-0.2, 0) is 21.3 Å².